The minimum atomic E-state index is 0.208. The van der Waals surface area contributed by atoms with Gasteiger partial charge >= 0.3 is 0 Å². The Morgan fingerprint density at radius 2 is 1.87 bits per heavy atom. The molecule has 23 heavy (non-hydrogen) atoms. The number of hydrogen-bond donors (Lipinski definition) is 0. The van der Waals surface area contributed by atoms with Crippen LogP contribution in [0.15, 0.2) is 51.9 Å². The van der Waals surface area contributed by atoms with E-state index in [1.807, 2.05) is 30.5 Å². The summed E-state index contributed by atoms with van der Waals surface area (Å²) in [6.45, 7) is 6.95. The molecule has 3 rings (SSSR count). The summed E-state index contributed by atoms with van der Waals surface area (Å²) in [5.41, 5.74) is 5.10. The Morgan fingerprint density at radius 1 is 1.17 bits per heavy atom. The summed E-state index contributed by atoms with van der Waals surface area (Å²) >= 11 is 3.45. The molecule has 0 bridgehead atoms. The fourth-order valence-electron chi connectivity index (χ4n) is 3.35. The van der Waals surface area contributed by atoms with Gasteiger partial charge in [-0.1, -0.05) is 28.9 Å². The first-order chi connectivity index (χ1) is 10.9. The monoisotopic (exact) mass is 370 g/mol. The van der Waals surface area contributed by atoms with Crippen molar-refractivity contribution in [2.75, 3.05) is 11.9 Å². The fourth-order valence-corrected chi connectivity index (χ4v) is 3.62. The molecule has 0 spiro atoms. The van der Waals surface area contributed by atoms with Gasteiger partial charge in [0.25, 0.3) is 0 Å². The third kappa shape index (κ3) is 3.35. The average molecular weight is 371 g/mol. The summed E-state index contributed by atoms with van der Waals surface area (Å²) in [5.74, 6) is 0.567. The first-order valence-electron chi connectivity index (χ1n) is 8.04. The van der Waals surface area contributed by atoms with Crippen LogP contribution in [0, 0.1) is 0 Å². The smallest absolute Gasteiger partial charge is 0.0630 e. The Balaban J connectivity index is 1.89. The number of rotatable bonds is 2. The number of aliphatic imine (C=N–C) groups is 1. The van der Waals surface area contributed by atoms with Crippen LogP contribution in [-0.4, -0.2) is 18.8 Å². The minimum absolute atomic E-state index is 0.208. The summed E-state index contributed by atoms with van der Waals surface area (Å²) in [5, 5.41) is 0. The summed E-state index contributed by atoms with van der Waals surface area (Å²) in [4.78, 5) is 6.98. The summed E-state index contributed by atoms with van der Waals surface area (Å²) in [7, 11) is 2.19. The number of halogens is 1. The van der Waals surface area contributed by atoms with E-state index < -0.39 is 0 Å². The van der Waals surface area contributed by atoms with Crippen LogP contribution in [0.2, 0.25) is 0 Å². The third-order valence-corrected chi connectivity index (χ3v) is 5.38. The number of hydrogen-bond acceptors (Lipinski definition) is 2. The average Bonchev–Trinajstić information content (AvgIpc) is 2.52. The second-order valence-corrected chi connectivity index (χ2v) is 7.95. The lowest BCUT2D eigenvalue weighted by atomic mass is 9.80. The SMILES string of the molecule is CC1CC(C)(C)N(C)c2ccc(C=Nc3ccc(Br)cc3)cc21. The van der Waals surface area contributed by atoms with E-state index in [0.717, 1.165) is 15.7 Å². The molecule has 0 fully saturated rings. The van der Waals surface area contributed by atoms with E-state index in [1.54, 1.807) is 0 Å². The third-order valence-electron chi connectivity index (χ3n) is 4.85. The van der Waals surface area contributed by atoms with Crippen molar-refractivity contribution in [3.8, 4) is 0 Å². The highest BCUT2D eigenvalue weighted by atomic mass is 79.9. The fraction of sp³-hybridized carbons (Fsp3) is 0.350. The number of benzene rings is 2. The molecule has 0 N–H and O–H groups in total. The number of fused-ring (bicyclic) bond motifs is 1. The van der Waals surface area contributed by atoms with E-state index in [9.17, 15) is 0 Å². The Bertz CT molecular complexity index is 732. The minimum Gasteiger partial charge on any atom is -0.369 e. The van der Waals surface area contributed by atoms with Gasteiger partial charge in [-0.3, -0.25) is 4.99 Å². The second-order valence-electron chi connectivity index (χ2n) is 7.03. The van der Waals surface area contributed by atoms with Gasteiger partial charge in [-0.25, -0.2) is 0 Å². The summed E-state index contributed by atoms with van der Waals surface area (Å²) in [6.07, 6.45) is 3.12. The maximum Gasteiger partial charge on any atom is 0.0630 e. The van der Waals surface area contributed by atoms with Crippen LogP contribution in [-0.2, 0) is 0 Å². The van der Waals surface area contributed by atoms with Crippen molar-refractivity contribution in [3.05, 3.63) is 58.1 Å². The van der Waals surface area contributed by atoms with Crippen LogP contribution >= 0.6 is 15.9 Å². The van der Waals surface area contributed by atoms with Gasteiger partial charge < -0.3 is 4.90 Å². The van der Waals surface area contributed by atoms with Crippen LogP contribution in [0.4, 0.5) is 11.4 Å². The second kappa shape index (κ2) is 6.12. The van der Waals surface area contributed by atoms with Crippen molar-refractivity contribution in [2.45, 2.75) is 38.6 Å². The molecule has 2 nitrogen and oxygen atoms in total. The van der Waals surface area contributed by atoms with Crippen molar-refractivity contribution in [3.63, 3.8) is 0 Å². The zero-order valence-electron chi connectivity index (χ0n) is 14.2. The van der Waals surface area contributed by atoms with Crippen molar-refractivity contribution in [1.82, 2.24) is 0 Å². The van der Waals surface area contributed by atoms with Gasteiger partial charge in [0.15, 0.2) is 0 Å². The molecule has 120 valence electrons. The van der Waals surface area contributed by atoms with Crippen LogP contribution in [0.3, 0.4) is 0 Å². The predicted octanol–water partition coefficient (Wildman–Crippen LogP) is 5.92. The van der Waals surface area contributed by atoms with Crippen LogP contribution in [0.1, 0.15) is 44.2 Å². The molecule has 0 aliphatic carbocycles. The predicted molar refractivity (Wildman–Crippen MR) is 103 cm³/mol. The molecule has 0 saturated heterocycles. The van der Waals surface area contributed by atoms with E-state index >= 15 is 0 Å². The standard InChI is InChI=1S/C20H23BrN2/c1-14-12-20(2,3)23(4)19-10-5-15(11-18(14)19)13-22-17-8-6-16(21)7-9-17/h5-11,13-14H,12H2,1-4H3. The molecule has 1 unspecified atom stereocenters. The van der Waals surface area contributed by atoms with Crippen LogP contribution in [0.25, 0.3) is 0 Å². The van der Waals surface area contributed by atoms with Gasteiger partial charge in [0.2, 0.25) is 0 Å². The lowest BCUT2D eigenvalue weighted by Gasteiger charge is -2.45. The van der Waals surface area contributed by atoms with Gasteiger partial charge in [0.05, 0.1) is 5.69 Å². The highest BCUT2D eigenvalue weighted by Gasteiger charge is 2.33. The zero-order valence-corrected chi connectivity index (χ0v) is 15.8. The van der Waals surface area contributed by atoms with Crippen LogP contribution in [0.5, 0.6) is 0 Å². The van der Waals surface area contributed by atoms with Gasteiger partial charge in [-0.15, -0.1) is 0 Å². The lowest BCUT2D eigenvalue weighted by molar-refractivity contribution is 0.395. The van der Waals surface area contributed by atoms with Crippen molar-refractivity contribution in [1.29, 1.82) is 0 Å². The molecule has 2 aromatic carbocycles. The molecule has 2 aromatic rings. The first kappa shape index (κ1) is 16.3. The van der Waals surface area contributed by atoms with E-state index in [4.69, 9.17) is 0 Å². The van der Waals surface area contributed by atoms with Gasteiger partial charge in [0.1, 0.15) is 0 Å². The van der Waals surface area contributed by atoms with Gasteiger partial charge in [-0.2, -0.15) is 0 Å². The molecule has 1 aliphatic rings. The molecule has 1 aliphatic heterocycles. The normalized spacial score (nSPS) is 19.9. The summed E-state index contributed by atoms with van der Waals surface area (Å²) < 4.78 is 1.07. The molecule has 3 heteroatoms. The molecular weight excluding hydrogens is 348 g/mol. The van der Waals surface area contributed by atoms with Crippen molar-refractivity contribution < 1.29 is 0 Å². The molecular formula is C20H23BrN2. The molecule has 1 heterocycles. The Labute approximate surface area is 147 Å². The summed E-state index contributed by atoms with van der Waals surface area (Å²) in [6, 6.07) is 14.7. The molecule has 0 amide bonds. The van der Waals surface area contributed by atoms with E-state index in [-0.39, 0.29) is 5.54 Å². The maximum absolute atomic E-state index is 4.58. The Kier molecular flexibility index (Phi) is 4.33. The topological polar surface area (TPSA) is 15.6 Å². The largest absolute Gasteiger partial charge is 0.369 e. The van der Waals surface area contributed by atoms with E-state index in [2.05, 4.69) is 71.8 Å². The van der Waals surface area contributed by atoms with E-state index in [0.29, 0.717) is 5.92 Å². The molecule has 0 radical (unpaired) electrons. The van der Waals surface area contributed by atoms with Crippen molar-refractivity contribution >= 4 is 33.5 Å². The van der Waals surface area contributed by atoms with Gasteiger partial charge in [-0.05, 0) is 73.7 Å². The zero-order chi connectivity index (χ0) is 16.6. The highest BCUT2D eigenvalue weighted by Crippen LogP contribution is 2.42. The number of anilines is 1. The van der Waals surface area contributed by atoms with Crippen molar-refractivity contribution in [2.24, 2.45) is 4.99 Å². The number of nitrogens with zero attached hydrogens (tertiary/aromatic N) is 2. The quantitative estimate of drug-likeness (QED) is 0.598. The van der Waals surface area contributed by atoms with Crippen LogP contribution < -0.4 is 4.90 Å². The highest BCUT2D eigenvalue weighted by molar-refractivity contribution is 9.10. The molecule has 0 saturated carbocycles. The first-order valence-corrected chi connectivity index (χ1v) is 8.83. The Hall–Kier alpha value is -1.61. The lowest BCUT2D eigenvalue weighted by Crippen LogP contribution is -2.45. The van der Waals surface area contributed by atoms with Gasteiger partial charge in [0, 0.05) is 29.0 Å². The van der Waals surface area contributed by atoms with E-state index in [1.165, 1.54) is 17.7 Å². The molecule has 1 atom stereocenters. The molecule has 0 aromatic heterocycles. The maximum atomic E-state index is 4.58. The Morgan fingerprint density at radius 3 is 2.57 bits per heavy atom.